The van der Waals surface area contributed by atoms with Crippen molar-refractivity contribution in [3.8, 4) is 0 Å². The highest BCUT2D eigenvalue weighted by Crippen LogP contribution is 2.24. The summed E-state index contributed by atoms with van der Waals surface area (Å²) in [5, 5.41) is 3.32. The number of anilines is 1. The Morgan fingerprint density at radius 2 is 2.25 bits per heavy atom. The van der Waals surface area contributed by atoms with Gasteiger partial charge in [0, 0.05) is 25.2 Å². The zero-order chi connectivity index (χ0) is 11.5. The Morgan fingerprint density at radius 1 is 1.50 bits per heavy atom. The van der Waals surface area contributed by atoms with Crippen molar-refractivity contribution in [1.82, 2.24) is 14.9 Å². The third kappa shape index (κ3) is 3.42. The molecule has 4 nitrogen and oxygen atoms in total. The van der Waals surface area contributed by atoms with Crippen molar-refractivity contribution in [2.75, 3.05) is 25.5 Å². The van der Waals surface area contributed by atoms with Gasteiger partial charge in [0.2, 0.25) is 0 Å². The number of rotatable bonds is 5. The van der Waals surface area contributed by atoms with Gasteiger partial charge in [-0.15, -0.1) is 0 Å². The molecule has 1 aliphatic rings. The van der Waals surface area contributed by atoms with E-state index in [2.05, 4.69) is 43.2 Å². The van der Waals surface area contributed by atoms with Gasteiger partial charge in [-0.25, -0.2) is 9.97 Å². The fraction of sp³-hybridized carbons (Fsp3) is 0.636. The average Bonchev–Trinajstić information content (AvgIpc) is 2.98. The van der Waals surface area contributed by atoms with Crippen LogP contribution in [-0.2, 0) is 0 Å². The van der Waals surface area contributed by atoms with Gasteiger partial charge in [-0.3, -0.25) is 0 Å². The molecule has 0 aromatic carbocycles. The quantitative estimate of drug-likeness (QED) is 0.841. The van der Waals surface area contributed by atoms with Gasteiger partial charge in [0.25, 0.3) is 0 Å². The molecule has 0 amide bonds. The van der Waals surface area contributed by atoms with E-state index in [1.54, 1.807) is 0 Å². The number of nitrogens with one attached hydrogen (secondary N) is 1. The Kier molecular flexibility index (Phi) is 3.76. The first-order valence-corrected chi connectivity index (χ1v) is 6.40. The van der Waals surface area contributed by atoms with Gasteiger partial charge in [-0.2, -0.15) is 0 Å². The van der Waals surface area contributed by atoms with E-state index < -0.39 is 0 Å². The largest absolute Gasteiger partial charge is 0.369 e. The van der Waals surface area contributed by atoms with Crippen molar-refractivity contribution in [2.24, 2.45) is 0 Å². The lowest BCUT2D eigenvalue weighted by molar-refractivity contribution is 0.337. The summed E-state index contributed by atoms with van der Waals surface area (Å²) < 4.78 is 0.832. The van der Waals surface area contributed by atoms with Crippen LogP contribution in [0.5, 0.6) is 0 Å². The number of nitrogens with zero attached hydrogens (tertiary/aromatic N) is 3. The van der Waals surface area contributed by atoms with E-state index >= 15 is 0 Å². The van der Waals surface area contributed by atoms with Gasteiger partial charge in [0.15, 0.2) is 0 Å². The molecule has 1 fully saturated rings. The highest BCUT2D eigenvalue weighted by molar-refractivity contribution is 9.10. The van der Waals surface area contributed by atoms with Gasteiger partial charge in [0.1, 0.15) is 16.2 Å². The number of hydrogen-bond acceptors (Lipinski definition) is 4. The number of hydrogen-bond donors (Lipinski definition) is 1. The van der Waals surface area contributed by atoms with Crippen LogP contribution in [0.25, 0.3) is 0 Å². The molecule has 16 heavy (non-hydrogen) atoms. The van der Waals surface area contributed by atoms with Crippen LogP contribution in [0.2, 0.25) is 0 Å². The Labute approximate surface area is 105 Å². The summed E-state index contributed by atoms with van der Waals surface area (Å²) in [4.78, 5) is 10.9. The Bertz CT molecular complexity index is 345. The van der Waals surface area contributed by atoms with E-state index in [0.717, 1.165) is 35.4 Å². The molecule has 2 rings (SSSR count). The second-order valence-corrected chi connectivity index (χ2v) is 5.07. The van der Waals surface area contributed by atoms with Gasteiger partial charge in [-0.1, -0.05) is 0 Å². The first-order chi connectivity index (χ1) is 7.65. The summed E-state index contributed by atoms with van der Waals surface area (Å²) in [7, 11) is 2.18. The third-order valence-corrected chi connectivity index (χ3v) is 3.15. The van der Waals surface area contributed by atoms with E-state index in [0.29, 0.717) is 0 Å². The predicted octanol–water partition coefficient (Wildman–Crippen LogP) is 2.05. The molecule has 0 saturated heterocycles. The van der Waals surface area contributed by atoms with Crippen molar-refractivity contribution in [1.29, 1.82) is 0 Å². The van der Waals surface area contributed by atoms with Crippen LogP contribution in [0.15, 0.2) is 10.7 Å². The summed E-state index contributed by atoms with van der Waals surface area (Å²) >= 11 is 3.37. The highest BCUT2D eigenvalue weighted by atomic mass is 79.9. The standard InChI is InChI=1S/C11H17BrN4/c1-8-14-10(12)7-11(15-8)13-5-6-16(2)9-3-4-9/h7,9H,3-6H2,1-2H3,(H,13,14,15). The molecular formula is C11H17BrN4. The minimum Gasteiger partial charge on any atom is -0.369 e. The SMILES string of the molecule is Cc1nc(Br)cc(NCCN(C)C2CC2)n1. The van der Waals surface area contributed by atoms with E-state index in [9.17, 15) is 0 Å². The van der Waals surface area contributed by atoms with Gasteiger partial charge < -0.3 is 10.2 Å². The molecule has 1 aromatic heterocycles. The third-order valence-electron chi connectivity index (χ3n) is 2.75. The molecule has 1 aromatic rings. The zero-order valence-electron chi connectivity index (χ0n) is 9.70. The molecule has 0 bridgehead atoms. The molecular weight excluding hydrogens is 268 g/mol. The van der Waals surface area contributed by atoms with Crippen LogP contribution in [0, 0.1) is 6.92 Å². The zero-order valence-corrected chi connectivity index (χ0v) is 11.3. The lowest BCUT2D eigenvalue weighted by Crippen LogP contribution is -2.27. The van der Waals surface area contributed by atoms with Crippen LogP contribution >= 0.6 is 15.9 Å². The molecule has 88 valence electrons. The molecule has 0 atom stereocenters. The lowest BCUT2D eigenvalue weighted by atomic mass is 10.4. The van der Waals surface area contributed by atoms with E-state index in [1.807, 2.05) is 13.0 Å². The lowest BCUT2D eigenvalue weighted by Gasteiger charge is -2.16. The molecule has 1 aliphatic carbocycles. The predicted molar refractivity (Wildman–Crippen MR) is 68.6 cm³/mol. The first-order valence-electron chi connectivity index (χ1n) is 5.60. The maximum absolute atomic E-state index is 4.32. The molecule has 0 spiro atoms. The van der Waals surface area contributed by atoms with Crippen molar-refractivity contribution in [3.63, 3.8) is 0 Å². The van der Waals surface area contributed by atoms with Crippen molar-refractivity contribution >= 4 is 21.7 Å². The van der Waals surface area contributed by atoms with E-state index in [-0.39, 0.29) is 0 Å². The monoisotopic (exact) mass is 284 g/mol. The highest BCUT2D eigenvalue weighted by Gasteiger charge is 2.25. The molecule has 1 saturated carbocycles. The molecule has 5 heteroatoms. The smallest absolute Gasteiger partial charge is 0.130 e. The van der Waals surface area contributed by atoms with Gasteiger partial charge in [0.05, 0.1) is 0 Å². The summed E-state index contributed by atoms with van der Waals surface area (Å²) in [5.74, 6) is 1.68. The fourth-order valence-corrected chi connectivity index (χ4v) is 2.15. The fourth-order valence-electron chi connectivity index (χ4n) is 1.68. The van der Waals surface area contributed by atoms with Crippen LogP contribution in [0.3, 0.4) is 0 Å². The number of halogens is 1. The van der Waals surface area contributed by atoms with E-state index in [4.69, 9.17) is 0 Å². The molecule has 0 radical (unpaired) electrons. The van der Waals surface area contributed by atoms with Crippen LogP contribution in [0.4, 0.5) is 5.82 Å². The second-order valence-electron chi connectivity index (χ2n) is 4.26. The number of aryl methyl sites for hydroxylation is 1. The Balaban J connectivity index is 1.79. The molecule has 0 aliphatic heterocycles. The first kappa shape index (κ1) is 11.8. The average molecular weight is 285 g/mol. The maximum atomic E-state index is 4.32. The van der Waals surface area contributed by atoms with Gasteiger partial charge >= 0.3 is 0 Å². The maximum Gasteiger partial charge on any atom is 0.130 e. The minimum absolute atomic E-state index is 0.785. The summed E-state index contributed by atoms with van der Waals surface area (Å²) in [6.45, 7) is 3.88. The molecule has 1 N–H and O–H groups in total. The Morgan fingerprint density at radius 3 is 2.88 bits per heavy atom. The number of likely N-dealkylation sites (N-methyl/N-ethyl adjacent to an activating group) is 1. The van der Waals surface area contributed by atoms with Crippen molar-refractivity contribution in [3.05, 3.63) is 16.5 Å². The van der Waals surface area contributed by atoms with Crippen LogP contribution < -0.4 is 5.32 Å². The Hall–Kier alpha value is -0.680. The summed E-state index contributed by atoms with van der Waals surface area (Å²) in [5.41, 5.74) is 0. The summed E-state index contributed by atoms with van der Waals surface area (Å²) in [6, 6.07) is 2.73. The molecule has 0 unspecified atom stereocenters. The van der Waals surface area contributed by atoms with Crippen molar-refractivity contribution in [2.45, 2.75) is 25.8 Å². The van der Waals surface area contributed by atoms with E-state index in [1.165, 1.54) is 12.8 Å². The second kappa shape index (κ2) is 5.10. The number of aromatic nitrogens is 2. The van der Waals surface area contributed by atoms with Crippen LogP contribution in [-0.4, -0.2) is 41.0 Å². The summed E-state index contributed by atoms with van der Waals surface area (Å²) in [6.07, 6.45) is 2.71. The van der Waals surface area contributed by atoms with Gasteiger partial charge in [-0.05, 0) is 42.7 Å². The topological polar surface area (TPSA) is 41.1 Å². The minimum atomic E-state index is 0.785. The normalized spacial score (nSPS) is 15.5. The van der Waals surface area contributed by atoms with Crippen LogP contribution in [0.1, 0.15) is 18.7 Å². The van der Waals surface area contributed by atoms with Crippen molar-refractivity contribution < 1.29 is 0 Å². The molecule has 1 heterocycles.